The molecule has 2 heteroatoms. The molecule has 176 valence electrons. The molecule has 2 aromatic carbocycles. The third-order valence-corrected chi connectivity index (χ3v) is 6.45. The van der Waals surface area contributed by atoms with E-state index in [-0.39, 0.29) is 5.92 Å². The van der Waals surface area contributed by atoms with Crippen molar-refractivity contribution in [3.63, 3.8) is 0 Å². The van der Waals surface area contributed by atoms with Gasteiger partial charge in [0.1, 0.15) is 0 Å². The first-order valence-electron chi connectivity index (χ1n) is 12.8. The van der Waals surface area contributed by atoms with Crippen molar-refractivity contribution < 1.29 is 9.59 Å². The van der Waals surface area contributed by atoms with E-state index < -0.39 is 6.10 Å². The Bertz CT molecular complexity index is 738. The Morgan fingerprint density at radius 1 is 0.781 bits per heavy atom. The summed E-state index contributed by atoms with van der Waals surface area (Å²) in [6.45, 7) is 4.21. The van der Waals surface area contributed by atoms with Gasteiger partial charge in [-0.3, -0.25) is 0 Å². The third-order valence-electron chi connectivity index (χ3n) is 6.45. The van der Waals surface area contributed by atoms with Crippen molar-refractivity contribution in [1.82, 2.24) is 0 Å². The number of likely N-dealkylation sites (N-methyl/N-ethyl adjacent to an activating group) is 1. The normalized spacial score (nSPS) is 14.0. The molecule has 1 N–H and O–H groups in total. The van der Waals surface area contributed by atoms with Gasteiger partial charge in [0.15, 0.2) is 0 Å². The second-order valence-electron chi connectivity index (χ2n) is 9.99. The molecule has 0 saturated heterocycles. The molecule has 0 spiro atoms. The van der Waals surface area contributed by atoms with E-state index in [9.17, 15) is 5.11 Å². The maximum absolute atomic E-state index is 11.2. The number of quaternary nitrogens is 1. The number of aliphatic hydroxyl groups excluding tert-OH is 1. The van der Waals surface area contributed by atoms with E-state index >= 15 is 0 Å². The standard InChI is InChI=1S/C30H46NO/c1-4-5-6-7-8-9-10-15-24-29(30(32)28-22-16-12-17-23-28)26-31(2,3)25-18-21-27-19-13-11-14-20-27/h11-14,16-23,29-30,32H,4-10,15,24-26H2,1-3H3/q+1. The summed E-state index contributed by atoms with van der Waals surface area (Å²) in [4.78, 5) is 0. The fraction of sp³-hybridized carbons (Fsp3) is 0.533. The van der Waals surface area contributed by atoms with Crippen LogP contribution in [-0.4, -0.2) is 36.8 Å². The summed E-state index contributed by atoms with van der Waals surface area (Å²) in [7, 11) is 4.57. The van der Waals surface area contributed by atoms with Crippen LogP contribution in [0.25, 0.3) is 6.08 Å². The van der Waals surface area contributed by atoms with Crippen LogP contribution in [0.5, 0.6) is 0 Å². The Morgan fingerprint density at radius 2 is 1.34 bits per heavy atom. The summed E-state index contributed by atoms with van der Waals surface area (Å²) >= 11 is 0. The van der Waals surface area contributed by atoms with Gasteiger partial charge in [-0.15, -0.1) is 0 Å². The van der Waals surface area contributed by atoms with Gasteiger partial charge in [0.05, 0.1) is 33.3 Å². The summed E-state index contributed by atoms with van der Waals surface area (Å²) < 4.78 is 0.884. The number of aliphatic hydroxyl groups is 1. The van der Waals surface area contributed by atoms with Crippen molar-refractivity contribution in [2.24, 2.45) is 5.92 Å². The lowest BCUT2D eigenvalue weighted by Crippen LogP contribution is -2.44. The molecule has 2 unspecified atom stereocenters. The Hall–Kier alpha value is -1.90. The molecule has 0 aromatic heterocycles. The van der Waals surface area contributed by atoms with Gasteiger partial charge in [0.2, 0.25) is 0 Å². The number of hydrogen-bond acceptors (Lipinski definition) is 1. The maximum atomic E-state index is 11.2. The molecular formula is C30H46NO+. The molecule has 0 heterocycles. The Balaban J connectivity index is 1.90. The van der Waals surface area contributed by atoms with E-state index in [2.05, 4.69) is 75.6 Å². The Labute approximate surface area is 197 Å². The first kappa shape index (κ1) is 26.4. The van der Waals surface area contributed by atoms with Gasteiger partial charge < -0.3 is 9.59 Å². The predicted octanol–water partition coefficient (Wildman–Crippen LogP) is 7.66. The van der Waals surface area contributed by atoms with Crippen LogP contribution in [0.2, 0.25) is 0 Å². The second-order valence-corrected chi connectivity index (χ2v) is 9.99. The molecule has 2 atom stereocenters. The smallest absolute Gasteiger partial charge is 0.0972 e. The van der Waals surface area contributed by atoms with Crippen molar-refractivity contribution in [3.8, 4) is 0 Å². The number of unbranched alkanes of at least 4 members (excludes halogenated alkanes) is 7. The minimum atomic E-state index is -0.392. The molecule has 0 radical (unpaired) electrons. The van der Waals surface area contributed by atoms with E-state index in [1.807, 2.05) is 18.2 Å². The van der Waals surface area contributed by atoms with Crippen LogP contribution in [0.15, 0.2) is 66.7 Å². The monoisotopic (exact) mass is 436 g/mol. The summed E-state index contributed by atoms with van der Waals surface area (Å²) in [6, 6.07) is 20.7. The quantitative estimate of drug-likeness (QED) is 0.211. The Morgan fingerprint density at radius 3 is 1.97 bits per heavy atom. The highest BCUT2D eigenvalue weighted by Gasteiger charge is 2.28. The Kier molecular flexibility index (Phi) is 12.4. The number of hydrogen-bond donors (Lipinski definition) is 1. The van der Waals surface area contributed by atoms with Crippen molar-refractivity contribution in [1.29, 1.82) is 0 Å². The van der Waals surface area contributed by atoms with E-state index in [4.69, 9.17) is 0 Å². The van der Waals surface area contributed by atoms with Crippen LogP contribution in [-0.2, 0) is 0 Å². The van der Waals surface area contributed by atoms with Gasteiger partial charge >= 0.3 is 0 Å². The summed E-state index contributed by atoms with van der Waals surface area (Å²) in [5, 5.41) is 11.2. The minimum absolute atomic E-state index is 0.276. The van der Waals surface area contributed by atoms with Crippen molar-refractivity contribution >= 4 is 6.08 Å². The lowest BCUT2D eigenvalue weighted by atomic mass is 9.89. The van der Waals surface area contributed by atoms with Crippen LogP contribution >= 0.6 is 0 Å². The lowest BCUT2D eigenvalue weighted by molar-refractivity contribution is -0.888. The maximum Gasteiger partial charge on any atom is 0.0972 e. The molecule has 32 heavy (non-hydrogen) atoms. The zero-order valence-electron chi connectivity index (χ0n) is 20.8. The van der Waals surface area contributed by atoms with Crippen LogP contribution in [0.4, 0.5) is 0 Å². The van der Waals surface area contributed by atoms with Crippen molar-refractivity contribution in [2.75, 3.05) is 27.2 Å². The van der Waals surface area contributed by atoms with Crippen LogP contribution in [0, 0.1) is 5.92 Å². The van der Waals surface area contributed by atoms with Gasteiger partial charge in [-0.2, -0.15) is 0 Å². The molecular weight excluding hydrogens is 390 g/mol. The summed E-state index contributed by atoms with van der Waals surface area (Å²) in [5.41, 5.74) is 2.30. The van der Waals surface area contributed by atoms with Gasteiger partial charge in [-0.1, -0.05) is 125 Å². The molecule has 0 aliphatic heterocycles. The van der Waals surface area contributed by atoms with Gasteiger partial charge in [-0.25, -0.2) is 0 Å². The SMILES string of the molecule is CCCCCCCCCCC(C[N+](C)(C)CC=Cc1ccccc1)C(O)c1ccccc1. The highest BCUT2D eigenvalue weighted by atomic mass is 16.3. The van der Waals surface area contributed by atoms with Crippen molar-refractivity contribution in [2.45, 2.75) is 70.8 Å². The van der Waals surface area contributed by atoms with E-state index in [1.165, 1.54) is 56.9 Å². The highest BCUT2D eigenvalue weighted by molar-refractivity contribution is 5.48. The lowest BCUT2D eigenvalue weighted by Gasteiger charge is -2.35. The van der Waals surface area contributed by atoms with Gasteiger partial charge in [0.25, 0.3) is 0 Å². The summed E-state index contributed by atoms with van der Waals surface area (Å²) in [5.74, 6) is 0.276. The molecule has 2 rings (SSSR count). The third kappa shape index (κ3) is 10.6. The molecule has 0 amide bonds. The zero-order chi connectivity index (χ0) is 23.1. The second kappa shape index (κ2) is 15.0. The van der Waals surface area contributed by atoms with E-state index in [1.54, 1.807) is 0 Å². The molecule has 2 nitrogen and oxygen atoms in total. The first-order chi connectivity index (χ1) is 15.5. The zero-order valence-corrected chi connectivity index (χ0v) is 20.8. The minimum Gasteiger partial charge on any atom is -0.388 e. The number of nitrogens with zero attached hydrogens (tertiary/aromatic N) is 1. The van der Waals surface area contributed by atoms with E-state index in [0.29, 0.717) is 0 Å². The molecule has 2 aromatic rings. The largest absolute Gasteiger partial charge is 0.388 e. The molecule has 0 aliphatic carbocycles. The topological polar surface area (TPSA) is 20.2 Å². The van der Waals surface area contributed by atoms with Crippen molar-refractivity contribution in [3.05, 3.63) is 77.9 Å². The molecule has 0 aliphatic rings. The van der Waals surface area contributed by atoms with Crippen LogP contribution < -0.4 is 0 Å². The molecule has 0 bridgehead atoms. The van der Waals surface area contributed by atoms with Crippen LogP contribution in [0.3, 0.4) is 0 Å². The van der Waals surface area contributed by atoms with Gasteiger partial charge in [0, 0.05) is 5.92 Å². The van der Waals surface area contributed by atoms with Crippen LogP contribution in [0.1, 0.15) is 81.9 Å². The molecule has 0 fully saturated rings. The van der Waals surface area contributed by atoms with Gasteiger partial charge in [-0.05, 0) is 23.6 Å². The average molecular weight is 437 g/mol. The molecule has 0 saturated carbocycles. The number of benzene rings is 2. The summed E-state index contributed by atoms with van der Waals surface area (Å²) in [6.07, 6.45) is 15.8. The fourth-order valence-corrected chi connectivity index (χ4v) is 4.56. The predicted molar refractivity (Wildman–Crippen MR) is 139 cm³/mol. The number of rotatable bonds is 16. The fourth-order valence-electron chi connectivity index (χ4n) is 4.56. The average Bonchev–Trinajstić information content (AvgIpc) is 2.80. The van der Waals surface area contributed by atoms with E-state index in [0.717, 1.165) is 29.6 Å². The highest BCUT2D eigenvalue weighted by Crippen LogP contribution is 2.29. The first-order valence-corrected chi connectivity index (χ1v) is 12.8.